The van der Waals surface area contributed by atoms with Crippen molar-refractivity contribution in [1.82, 2.24) is 9.97 Å². The highest BCUT2D eigenvalue weighted by Gasteiger charge is 2.09. The summed E-state index contributed by atoms with van der Waals surface area (Å²) in [6, 6.07) is 0.282. The van der Waals surface area contributed by atoms with E-state index in [1.165, 1.54) is 6.20 Å². The van der Waals surface area contributed by atoms with E-state index < -0.39 is 5.91 Å². The van der Waals surface area contributed by atoms with E-state index >= 15 is 0 Å². The standard InChI is InChI=1S/C10H16N4O/c1-4-7-10(13-6(2)3)12-5-8(14-7)9(11)15/h5-6H,4H2,1-3H3,(H2,11,15)(H,12,13). The molecule has 0 radical (unpaired) electrons. The monoisotopic (exact) mass is 208 g/mol. The molecule has 0 aliphatic carbocycles. The van der Waals surface area contributed by atoms with Crippen LogP contribution in [0.15, 0.2) is 6.20 Å². The van der Waals surface area contributed by atoms with E-state index in [1.807, 2.05) is 20.8 Å². The molecule has 0 spiro atoms. The average molecular weight is 208 g/mol. The second-order valence-electron chi connectivity index (χ2n) is 3.57. The van der Waals surface area contributed by atoms with Crippen molar-refractivity contribution < 1.29 is 4.79 Å². The second-order valence-corrected chi connectivity index (χ2v) is 3.57. The Morgan fingerprint density at radius 2 is 2.27 bits per heavy atom. The first kappa shape index (κ1) is 11.4. The van der Waals surface area contributed by atoms with Crippen LogP contribution in [0.4, 0.5) is 5.82 Å². The lowest BCUT2D eigenvalue weighted by atomic mass is 10.3. The Hall–Kier alpha value is -1.65. The lowest BCUT2D eigenvalue weighted by Crippen LogP contribution is -2.18. The van der Waals surface area contributed by atoms with Crippen LogP contribution in [0.25, 0.3) is 0 Å². The van der Waals surface area contributed by atoms with Crippen LogP contribution >= 0.6 is 0 Å². The zero-order chi connectivity index (χ0) is 11.4. The van der Waals surface area contributed by atoms with Gasteiger partial charge < -0.3 is 11.1 Å². The van der Waals surface area contributed by atoms with Gasteiger partial charge in [0.15, 0.2) is 0 Å². The molecular formula is C10H16N4O. The van der Waals surface area contributed by atoms with Crippen LogP contribution < -0.4 is 11.1 Å². The minimum atomic E-state index is -0.548. The van der Waals surface area contributed by atoms with Crippen LogP contribution in [0.1, 0.15) is 37.0 Å². The molecule has 1 rings (SSSR count). The number of carbonyl (C=O) groups excluding carboxylic acids is 1. The van der Waals surface area contributed by atoms with E-state index in [4.69, 9.17) is 5.73 Å². The Morgan fingerprint density at radius 1 is 1.60 bits per heavy atom. The van der Waals surface area contributed by atoms with Crippen molar-refractivity contribution >= 4 is 11.7 Å². The van der Waals surface area contributed by atoms with Crippen LogP contribution in [0.2, 0.25) is 0 Å². The van der Waals surface area contributed by atoms with E-state index in [-0.39, 0.29) is 11.7 Å². The topological polar surface area (TPSA) is 80.9 Å². The summed E-state index contributed by atoms with van der Waals surface area (Å²) in [5.41, 5.74) is 6.10. The minimum absolute atomic E-state index is 0.209. The molecule has 3 N–H and O–H groups in total. The molecule has 5 nitrogen and oxygen atoms in total. The Labute approximate surface area is 89.1 Å². The minimum Gasteiger partial charge on any atom is -0.366 e. The highest BCUT2D eigenvalue weighted by Crippen LogP contribution is 2.11. The molecule has 0 aliphatic heterocycles. The van der Waals surface area contributed by atoms with Gasteiger partial charge in [-0.2, -0.15) is 0 Å². The third-order valence-corrected chi connectivity index (χ3v) is 1.86. The van der Waals surface area contributed by atoms with Crippen molar-refractivity contribution in [3.63, 3.8) is 0 Å². The van der Waals surface area contributed by atoms with Crippen molar-refractivity contribution in [2.45, 2.75) is 33.2 Å². The maximum absolute atomic E-state index is 10.9. The van der Waals surface area contributed by atoms with Gasteiger partial charge in [-0.3, -0.25) is 4.79 Å². The van der Waals surface area contributed by atoms with Crippen LogP contribution in [0.5, 0.6) is 0 Å². The van der Waals surface area contributed by atoms with E-state index in [2.05, 4.69) is 15.3 Å². The summed E-state index contributed by atoms with van der Waals surface area (Å²) in [6.45, 7) is 5.99. The number of aromatic nitrogens is 2. The molecule has 1 aromatic rings. The molecule has 0 fully saturated rings. The molecule has 1 heterocycles. The molecule has 0 saturated carbocycles. The van der Waals surface area contributed by atoms with Gasteiger partial charge in [0.1, 0.15) is 11.5 Å². The number of amides is 1. The predicted molar refractivity (Wildman–Crippen MR) is 58.7 cm³/mol. The van der Waals surface area contributed by atoms with Gasteiger partial charge in [0, 0.05) is 6.04 Å². The molecule has 82 valence electrons. The van der Waals surface area contributed by atoms with Crippen LogP contribution in [0.3, 0.4) is 0 Å². The lowest BCUT2D eigenvalue weighted by molar-refractivity contribution is 0.0995. The number of rotatable bonds is 4. The van der Waals surface area contributed by atoms with E-state index in [1.54, 1.807) is 0 Å². The van der Waals surface area contributed by atoms with Crippen LogP contribution in [-0.2, 0) is 6.42 Å². The Bertz CT molecular complexity index is 362. The quantitative estimate of drug-likeness (QED) is 0.772. The first-order chi connectivity index (χ1) is 7.04. The first-order valence-electron chi connectivity index (χ1n) is 4.96. The van der Waals surface area contributed by atoms with Gasteiger partial charge in [0.25, 0.3) is 5.91 Å². The SMILES string of the molecule is CCc1nc(C(N)=O)cnc1NC(C)C. The van der Waals surface area contributed by atoms with Gasteiger partial charge in [-0.1, -0.05) is 6.92 Å². The summed E-state index contributed by atoms with van der Waals surface area (Å²) >= 11 is 0. The Balaban J connectivity index is 3.03. The molecule has 15 heavy (non-hydrogen) atoms. The average Bonchev–Trinajstić information content (AvgIpc) is 2.17. The number of carbonyl (C=O) groups is 1. The highest BCUT2D eigenvalue weighted by atomic mass is 16.1. The summed E-state index contributed by atoms with van der Waals surface area (Å²) in [6.07, 6.45) is 2.11. The number of hydrogen-bond donors (Lipinski definition) is 2. The number of hydrogen-bond acceptors (Lipinski definition) is 4. The Kier molecular flexibility index (Phi) is 3.60. The largest absolute Gasteiger partial charge is 0.366 e. The maximum Gasteiger partial charge on any atom is 0.268 e. The lowest BCUT2D eigenvalue weighted by Gasteiger charge is -2.12. The van der Waals surface area contributed by atoms with Crippen molar-refractivity contribution in [2.75, 3.05) is 5.32 Å². The zero-order valence-electron chi connectivity index (χ0n) is 9.24. The summed E-state index contributed by atoms with van der Waals surface area (Å²) in [5, 5.41) is 3.16. The van der Waals surface area contributed by atoms with Gasteiger partial charge in [-0.05, 0) is 20.3 Å². The van der Waals surface area contributed by atoms with E-state index in [0.29, 0.717) is 6.42 Å². The third-order valence-electron chi connectivity index (χ3n) is 1.86. The van der Waals surface area contributed by atoms with Crippen molar-refractivity contribution in [3.8, 4) is 0 Å². The summed E-state index contributed by atoms with van der Waals surface area (Å²) in [5.74, 6) is 0.172. The number of nitrogens with one attached hydrogen (secondary N) is 1. The molecule has 0 aromatic carbocycles. The summed E-state index contributed by atoms with van der Waals surface area (Å²) in [4.78, 5) is 19.2. The fourth-order valence-electron chi connectivity index (χ4n) is 1.19. The molecule has 0 saturated heterocycles. The van der Waals surface area contributed by atoms with Gasteiger partial charge >= 0.3 is 0 Å². The van der Waals surface area contributed by atoms with Crippen molar-refractivity contribution in [3.05, 3.63) is 17.6 Å². The third kappa shape index (κ3) is 2.90. The normalized spacial score (nSPS) is 10.4. The molecule has 1 aromatic heterocycles. The fourth-order valence-corrected chi connectivity index (χ4v) is 1.19. The zero-order valence-corrected chi connectivity index (χ0v) is 9.24. The number of nitrogens with two attached hydrogens (primary N) is 1. The second kappa shape index (κ2) is 4.72. The number of aryl methyl sites for hydroxylation is 1. The number of anilines is 1. The molecule has 0 aliphatic rings. The maximum atomic E-state index is 10.9. The number of nitrogens with zero attached hydrogens (tertiary/aromatic N) is 2. The fraction of sp³-hybridized carbons (Fsp3) is 0.500. The van der Waals surface area contributed by atoms with E-state index in [9.17, 15) is 4.79 Å². The smallest absolute Gasteiger partial charge is 0.268 e. The Morgan fingerprint density at radius 3 is 2.73 bits per heavy atom. The molecule has 5 heteroatoms. The van der Waals surface area contributed by atoms with Gasteiger partial charge in [0.05, 0.1) is 11.9 Å². The van der Waals surface area contributed by atoms with E-state index in [0.717, 1.165) is 11.5 Å². The molecule has 0 bridgehead atoms. The van der Waals surface area contributed by atoms with Gasteiger partial charge in [-0.15, -0.1) is 0 Å². The molecular weight excluding hydrogens is 192 g/mol. The van der Waals surface area contributed by atoms with Crippen LogP contribution in [0, 0.1) is 0 Å². The van der Waals surface area contributed by atoms with Crippen molar-refractivity contribution in [1.29, 1.82) is 0 Å². The predicted octanol–water partition coefficient (Wildman–Crippen LogP) is 0.958. The number of primary amides is 1. The molecule has 0 atom stereocenters. The van der Waals surface area contributed by atoms with Crippen LogP contribution in [-0.4, -0.2) is 21.9 Å². The first-order valence-corrected chi connectivity index (χ1v) is 4.96. The van der Waals surface area contributed by atoms with Crippen molar-refractivity contribution in [2.24, 2.45) is 5.73 Å². The summed E-state index contributed by atoms with van der Waals surface area (Å²) < 4.78 is 0. The molecule has 0 unspecified atom stereocenters. The van der Waals surface area contributed by atoms with Gasteiger partial charge in [-0.25, -0.2) is 9.97 Å². The summed E-state index contributed by atoms with van der Waals surface area (Å²) in [7, 11) is 0. The highest BCUT2D eigenvalue weighted by molar-refractivity contribution is 5.90. The van der Waals surface area contributed by atoms with Gasteiger partial charge in [0.2, 0.25) is 0 Å². The molecule has 1 amide bonds.